The number of amides is 1. The number of rotatable bonds is 10. The summed E-state index contributed by atoms with van der Waals surface area (Å²) in [5, 5.41) is 6.47. The first kappa shape index (κ1) is 27.5. The average Bonchev–Trinajstić information content (AvgIpc) is 2.94. The van der Waals surface area contributed by atoms with Crippen LogP contribution in [-0.4, -0.2) is 36.1 Å². The van der Waals surface area contributed by atoms with Crippen LogP contribution < -0.4 is 15.4 Å². The summed E-state index contributed by atoms with van der Waals surface area (Å²) in [6, 6.07) is 17.2. The van der Waals surface area contributed by atoms with Crippen molar-refractivity contribution in [3.05, 3.63) is 95.5 Å². The molecule has 1 heterocycles. The van der Waals surface area contributed by atoms with Gasteiger partial charge in [-0.25, -0.2) is 14.4 Å². The summed E-state index contributed by atoms with van der Waals surface area (Å²) in [5.41, 5.74) is 2.49. The van der Waals surface area contributed by atoms with Crippen molar-refractivity contribution in [3.8, 4) is 5.75 Å². The predicted molar refractivity (Wildman–Crippen MR) is 149 cm³/mol. The molecule has 0 aliphatic heterocycles. The molecule has 1 atom stereocenters. The number of benzene rings is 3. The Morgan fingerprint density at radius 2 is 1.87 bits per heavy atom. The third-order valence-electron chi connectivity index (χ3n) is 5.95. The van der Waals surface area contributed by atoms with Crippen molar-refractivity contribution < 1.29 is 23.5 Å². The molecule has 4 rings (SSSR count). The van der Waals surface area contributed by atoms with E-state index < -0.39 is 17.6 Å². The molecule has 0 spiro atoms. The van der Waals surface area contributed by atoms with Crippen LogP contribution in [0.1, 0.15) is 12.0 Å². The van der Waals surface area contributed by atoms with E-state index in [4.69, 9.17) is 21.1 Å². The van der Waals surface area contributed by atoms with Gasteiger partial charge in [0.15, 0.2) is 0 Å². The van der Waals surface area contributed by atoms with Gasteiger partial charge in [-0.05, 0) is 48.7 Å². The van der Waals surface area contributed by atoms with Crippen molar-refractivity contribution in [2.75, 3.05) is 24.9 Å². The lowest BCUT2D eigenvalue weighted by molar-refractivity contribution is -0.145. The van der Waals surface area contributed by atoms with E-state index in [1.165, 1.54) is 44.8 Å². The summed E-state index contributed by atoms with van der Waals surface area (Å²) >= 11 is 5.90. The number of nitrogens with zero attached hydrogens (tertiary/aromatic N) is 2. The molecule has 0 saturated carbocycles. The Kier molecular flexibility index (Phi) is 9.06. The Morgan fingerprint density at radius 3 is 2.59 bits per heavy atom. The monoisotopic (exact) mass is 548 g/mol. The van der Waals surface area contributed by atoms with Crippen molar-refractivity contribution >= 4 is 51.6 Å². The van der Waals surface area contributed by atoms with Crippen LogP contribution in [-0.2, 0) is 20.7 Å². The van der Waals surface area contributed by atoms with E-state index in [1.54, 1.807) is 18.2 Å². The third kappa shape index (κ3) is 7.08. The first-order valence-electron chi connectivity index (χ1n) is 12.0. The minimum Gasteiger partial charge on any atom is -0.494 e. The van der Waals surface area contributed by atoms with Gasteiger partial charge >= 0.3 is 5.97 Å². The third-order valence-corrected chi connectivity index (χ3v) is 6.24. The largest absolute Gasteiger partial charge is 0.494 e. The maximum Gasteiger partial charge on any atom is 0.309 e. The molecule has 0 radical (unpaired) electrons. The lowest BCUT2D eigenvalue weighted by Crippen LogP contribution is -2.18. The number of nitrogens with one attached hydrogen (secondary N) is 2. The molecule has 39 heavy (non-hydrogen) atoms. The van der Waals surface area contributed by atoms with Crippen LogP contribution in [0.2, 0.25) is 5.02 Å². The molecule has 0 fully saturated rings. The zero-order chi connectivity index (χ0) is 27.8. The number of hydrogen-bond donors (Lipinski definition) is 2. The van der Waals surface area contributed by atoms with Gasteiger partial charge in [0.25, 0.3) is 0 Å². The van der Waals surface area contributed by atoms with Gasteiger partial charge in [0, 0.05) is 17.1 Å². The standard InChI is InChI=1S/C29H26ClFN4O4/c1-38-26-16-24-21(28(33-17-32-24)34-20-11-12-23(31)22(30)14-20)15-25(26)35-27(36)10-6-9-19(29(37)39-2)13-18-7-4-3-5-8-18/h3-8,10-12,14-17,19H,9,13H2,1-2H3,(H,35,36)(H,32,33,34)/b10-6+. The highest BCUT2D eigenvalue weighted by molar-refractivity contribution is 6.31. The Hall–Kier alpha value is -4.50. The van der Waals surface area contributed by atoms with Crippen molar-refractivity contribution in [3.63, 3.8) is 0 Å². The van der Waals surface area contributed by atoms with Gasteiger partial charge in [0.05, 0.1) is 36.4 Å². The molecule has 0 aliphatic carbocycles. The summed E-state index contributed by atoms with van der Waals surface area (Å²) in [7, 11) is 2.83. The second-order valence-corrected chi connectivity index (χ2v) is 8.99. The highest BCUT2D eigenvalue weighted by Crippen LogP contribution is 2.33. The number of ether oxygens (including phenoxy) is 2. The number of hydrogen-bond acceptors (Lipinski definition) is 7. The zero-order valence-electron chi connectivity index (χ0n) is 21.3. The van der Waals surface area contributed by atoms with E-state index in [0.29, 0.717) is 46.7 Å². The van der Waals surface area contributed by atoms with Gasteiger partial charge in [0.1, 0.15) is 23.7 Å². The predicted octanol–water partition coefficient (Wildman–Crippen LogP) is 6.09. The fourth-order valence-corrected chi connectivity index (χ4v) is 4.18. The molecule has 2 N–H and O–H groups in total. The number of fused-ring (bicyclic) bond motifs is 1. The van der Waals surface area contributed by atoms with Gasteiger partial charge in [-0.3, -0.25) is 9.59 Å². The number of allylic oxidation sites excluding steroid dienone is 1. The number of esters is 1. The van der Waals surface area contributed by atoms with Crippen LogP contribution >= 0.6 is 11.6 Å². The summed E-state index contributed by atoms with van der Waals surface area (Å²) in [6.07, 6.45) is 5.20. The molecule has 1 amide bonds. The van der Waals surface area contributed by atoms with Gasteiger partial charge in [-0.1, -0.05) is 48.0 Å². The number of carbonyl (C=O) groups excluding carboxylic acids is 2. The fourth-order valence-electron chi connectivity index (χ4n) is 4.00. The summed E-state index contributed by atoms with van der Waals surface area (Å²) in [6.45, 7) is 0. The quantitative estimate of drug-likeness (QED) is 0.182. The van der Waals surface area contributed by atoms with Gasteiger partial charge in [-0.15, -0.1) is 0 Å². The Labute approximate surface area is 229 Å². The number of anilines is 3. The van der Waals surface area contributed by atoms with Crippen LogP contribution in [0.3, 0.4) is 0 Å². The second kappa shape index (κ2) is 12.8. The number of carbonyl (C=O) groups is 2. The minimum absolute atomic E-state index is 0.0297. The van der Waals surface area contributed by atoms with Crippen LogP contribution in [0, 0.1) is 11.7 Å². The minimum atomic E-state index is -0.532. The Morgan fingerprint density at radius 1 is 1.08 bits per heavy atom. The first-order chi connectivity index (χ1) is 18.9. The van der Waals surface area contributed by atoms with E-state index >= 15 is 0 Å². The van der Waals surface area contributed by atoms with Crippen LogP contribution in [0.5, 0.6) is 5.75 Å². The molecule has 0 bridgehead atoms. The smallest absolute Gasteiger partial charge is 0.309 e. The number of aromatic nitrogens is 2. The normalized spacial score (nSPS) is 11.8. The topological polar surface area (TPSA) is 102 Å². The van der Waals surface area contributed by atoms with Crippen LogP contribution in [0.4, 0.5) is 21.6 Å². The summed E-state index contributed by atoms with van der Waals surface area (Å²) < 4.78 is 24.0. The molecule has 10 heteroatoms. The molecular weight excluding hydrogens is 523 g/mol. The molecule has 1 unspecified atom stereocenters. The summed E-state index contributed by atoms with van der Waals surface area (Å²) in [5.74, 6) is -0.887. The van der Waals surface area contributed by atoms with E-state index in [9.17, 15) is 14.0 Å². The van der Waals surface area contributed by atoms with E-state index in [0.717, 1.165) is 5.56 Å². The van der Waals surface area contributed by atoms with E-state index in [2.05, 4.69) is 20.6 Å². The Bertz CT molecular complexity index is 1510. The summed E-state index contributed by atoms with van der Waals surface area (Å²) in [4.78, 5) is 33.6. The van der Waals surface area contributed by atoms with Crippen molar-refractivity contribution in [2.24, 2.45) is 5.92 Å². The van der Waals surface area contributed by atoms with Gasteiger partial charge in [-0.2, -0.15) is 0 Å². The molecule has 0 aliphatic rings. The van der Waals surface area contributed by atoms with Crippen LogP contribution in [0.15, 0.2) is 79.1 Å². The van der Waals surface area contributed by atoms with E-state index in [-0.39, 0.29) is 11.0 Å². The molecule has 8 nitrogen and oxygen atoms in total. The fraction of sp³-hybridized carbons (Fsp3) is 0.172. The highest BCUT2D eigenvalue weighted by atomic mass is 35.5. The lowest BCUT2D eigenvalue weighted by atomic mass is 9.96. The van der Waals surface area contributed by atoms with Gasteiger partial charge < -0.3 is 20.1 Å². The first-order valence-corrected chi connectivity index (χ1v) is 12.4. The molecule has 1 aromatic heterocycles. The van der Waals surface area contributed by atoms with E-state index in [1.807, 2.05) is 30.3 Å². The second-order valence-electron chi connectivity index (χ2n) is 8.58. The highest BCUT2D eigenvalue weighted by Gasteiger charge is 2.19. The lowest BCUT2D eigenvalue weighted by Gasteiger charge is -2.14. The van der Waals surface area contributed by atoms with Crippen molar-refractivity contribution in [1.82, 2.24) is 9.97 Å². The number of methoxy groups -OCH3 is 2. The maximum atomic E-state index is 13.6. The van der Waals surface area contributed by atoms with Crippen molar-refractivity contribution in [2.45, 2.75) is 12.8 Å². The Balaban J connectivity index is 1.52. The zero-order valence-corrected chi connectivity index (χ0v) is 22.0. The number of halogens is 2. The maximum absolute atomic E-state index is 13.6. The van der Waals surface area contributed by atoms with Crippen LogP contribution in [0.25, 0.3) is 10.9 Å². The SMILES string of the molecule is COC(=O)C(C/C=C/C(=O)Nc1cc2c(Nc3ccc(F)c(Cl)c3)ncnc2cc1OC)Cc1ccccc1. The molecule has 200 valence electrons. The molecule has 4 aromatic rings. The molecule has 0 saturated heterocycles. The van der Waals surface area contributed by atoms with Gasteiger partial charge in [0.2, 0.25) is 5.91 Å². The molecule has 3 aromatic carbocycles. The molecular formula is C29H26ClFN4O4. The van der Waals surface area contributed by atoms with Crippen molar-refractivity contribution in [1.29, 1.82) is 0 Å². The average molecular weight is 549 g/mol.